The molecule has 0 spiro atoms. The minimum Gasteiger partial charge on any atom is -0.434 e. The molecule has 0 aliphatic heterocycles. The SMILES string of the molecule is CC=CCOC(=O)OCCC. The summed E-state index contributed by atoms with van der Waals surface area (Å²) in [4.78, 5) is 10.6. The minimum atomic E-state index is -0.593. The molecule has 11 heavy (non-hydrogen) atoms. The zero-order valence-corrected chi connectivity index (χ0v) is 7.00. The van der Waals surface area contributed by atoms with Crippen molar-refractivity contribution in [1.82, 2.24) is 0 Å². The normalized spacial score (nSPS) is 10.0. The highest BCUT2D eigenvalue weighted by atomic mass is 16.7. The molecule has 0 aliphatic rings. The van der Waals surface area contributed by atoms with Gasteiger partial charge in [-0.15, -0.1) is 0 Å². The molecule has 64 valence electrons. The van der Waals surface area contributed by atoms with Gasteiger partial charge in [0, 0.05) is 0 Å². The average Bonchev–Trinajstić information content (AvgIpc) is 2.01. The van der Waals surface area contributed by atoms with Gasteiger partial charge in [-0.2, -0.15) is 0 Å². The van der Waals surface area contributed by atoms with Gasteiger partial charge >= 0.3 is 6.16 Å². The smallest absolute Gasteiger partial charge is 0.434 e. The first-order valence-electron chi connectivity index (χ1n) is 3.72. The van der Waals surface area contributed by atoms with Gasteiger partial charge < -0.3 is 9.47 Å². The van der Waals surface area contributed by atoms with Crippen molar-refractivity contribution in [3.63, 3.8) is 0 Å². The summed E-state index contributed by atoms with van der Waals surface area (Å²) in [7, 11) is 0. The van der Waals surface area contributed by atoms with Crippen LogP contribution in [0.3, 0.4) is 0 Å². The van der Waals surface area contributed by atoms with E-state index in [9.17, 15) is 4.79 Å². The average molecular weight is 158 g/mol. The molecule has 3 heteroatoms. The third-order valence-electron chi connectivity index (χ3n) is 0.957. The van der Waals surface area contributed by atoms with Crippen molar-refractivity contribution in [3.05, 3.63) is 12.2 Å². The lowest BCUT2D eigenvalue weighted by atomic mass is 10.5. The lowest BCUT2D eigenvalue weighted by Gasteiger charge is -2.01. The van der Waals surface area contributed by atoms with Gasteiger partial charge in [-0.05, 0) is 13.3 Å². The Hall–Kier alpha value is -0.990. The highest BCUT2D eigenvalue weighted by Gasteiger charge is 1.98. The van der Waals surface area contributed by atoms with Gasteiger partial charge in [-0.25, -0.2) is 4.79 Å². The van der Waals surface area contributed by atoms with E-state index in [1.54, 1.807) is 6.08 Å². The molecular weight excluding hydrogens is 144 g/mol. The Kier molecular flexibility index (Phi) is 6.48. The standard InChI is InChI=1S/C8H14O3/c1-3-5-7-11-8(9)10-6-4-2/h3,5H,4,6-7H2,1-2H3. The van der Waals surface area contributed by atoms with Crippen molar-refractivity contribution < 1.29 is 14.3 Å². The quantitative estimate of drug-likeness (QED) is 0.464. The molecule has 0 heterocycles. The van der Waals surface area contributed by atoms with E-state index in [1.807, 2.05) is 19.9 Å². The summed E-state index contributed by atoms with van der Waals surface area (Å²) in [5, 5.41) is 0. The van der Waals surface area contributed by atoms with Crippen LogP contribution in [0.15, 0.2) is 12.2 Å². The number of rotatable bonds is 4. The van der Waals surface area contributed by atoms with Crippen LogP contribution in [0.1, 0.15) is 20.3 Å². The van der Waals surface area contributed by atoms with Gasteiger partial charge in [0.1, 0.15) is 6.61 Å². The Bertz CT molecular complexity index is 129. The molecule has 0 saturated carbocycles. The van der Waals surface area contributed by atoms with Crippen molar-refractivity contribution >= 4 is 6.16 Å². The van der Waals surface area contributed by atoms with Crippen molar-refractivity contribution in [2.24, 2.45) is 0 Å². The van der Waals surface area contributed by atoms with Crippen molar-refractivity contribution in [1.29, 1.82) is 0 Å². The lowest BCUT2D eigenvalue weighted by Crippen LogP contribution is -2.07. The van der Waals surface area contributed by atoms with Crippen LogP contribution in [0.4, 0.5) is 4.79 Å². The number of allylic oxidation sites excluding steroid dienone is 1. The van der Waals surface area contributed by atoms with Gasteiger partial charge in [0.25, 0.3) is 0 Å². The fourth-order valence-corrected chi connectivity index (χ4v) is 0.439. The number of ether oxygens (including phenoxy) is 2. The predicted octanol–water partition coefficient (Wildman–Crippen LogP) is 2.13. The van der Waals surface area contributed by atoms with Crippen molar-refractivity contribution in [3.8, 4) is 0 Å². The van der Waals surface area contributed by atoms with Crippen LogP contribution in [0, 0.1) is 0 Å². The van der Waals surface area contributed by atoms with E-state index >= 15 is 0 Å². The number of carbonyl (C=O) groups is 1. The van der Waals surface area contributed by atoms with E-state index in [1.165, 1.54) is 0 Å². The van der Waals surface area contributed by atoms with E-state index in [0.29, 0.717) is 13.2 Å². The first kappa shape index (κ1) is 10.0. The first-order valence-corrected chi connectivity index (χ1v) is 3.72. The summed E-state index contributed by atoms with van der Waals surface area (Å²) in [5.41, 5.74) is 0. The van der Waals surface area contributed by atoms with Gasteiger partial charge in [-0.1, -0.05) is 19.1 Å². The molecule has 0 radical (unpaired) electrons. The van der Waals surface area contributed by atoms with Gasteiger partial charge in [0.2, 0.25) is 0 Å². The van der Waals surface area contributed by atoms with Crippen LogP contribution in [0.25, 0.3) is 0 Å². The summed E-state index contributed by atoms with van der Waals surface area (Å²) in [6.07, 6.45) is 3.78. The zero-order valence-electron chi connectivity index (χ0n) is 7.00. The number of hydrogen-bond donors (Lipinski definition) is 0. The van der Waals surface area contributed by atoms with Crippen LogP contribution in [-0.4, -0.2) is 19.4 Å². The maximum atomic E-state index is 10.6. The van der Waals surface area contributed by atoms with Crippen LogP contribution in [-0.2, 0) is 9.47 Å². The molecule has 0 aliphatic carbocycles. The topological polar surface area (TPSA) is 35.5 Å². The zero-order chi connectivity index (χ0) is 8.53. The first-order chi connectivity index (χ1) is 5.31. The van der Waals surface area contributed by atoms with Crippen LogP contribution < -0.4 is 0 Å². The van der Waals surface area contributed by atoms with E-state index in [0.717, 1.165) is 6.42 Å². The number of carbonyl (C=O) groups excluding carboxylic acids is 1. The Morgan fingerprint density at radius 1 is 1.45 bits per heavy atom. The second kappa shape index (κ2) is 7.12. The van der Waals surface area contributed by atoms with Gasteiger partial charge in [-0.3, -0.25) is 0 Å². The summed E-state index contributed by atoms with van der Waals surface area (Å²) in [6.45, 7) is 4.51. The number of hydrogen-bond acceptors (Lipinski definition) is 3. The fraction of sp³-hybridized carbons (Fsp3) is 0.625. The summed E-state index contributed by atoms with van der Waals surface area (Å²) in [5.74, 6) is 0. The molecule has 3 nitrogen and oxygen atoms in total. The summed E-state index contributed by atoms with van der Waals surface area (Å²) >= 11 is 0. The lowest BCUT2D eigenvalue weighted by molar-refractivity contribution is 0.0633. The fourth-order valence-electron chi connectivity index (χ4n) is 0.439. The Balaban J connectivity index is 3.22. The maximum absolute atomic E-state index is 10.6. The third kappa shape index (κ3) is 6.90. The second-order valence-electron chi connectivity index (χ2n) is 1.98. The van der Waals surface area contributed by atoms with Crippen molar-refractivity contribution in [2.75, 3.05) is 13.2 Å². The summed E-state index contributed by atoms with van der Waals surface area (Å²) < 4.78 is 9.28. The largest absolute Gasteiger partial charge is 0.508 e. The molecule has 0 saturated heterocycles. The van der Waals surface area contributed by atoms with Crippen LogP contribution in [0.2, 0.25) is 0 Å². The Morgan fingerprint density at radius 3 is 2.73 bits per heavy atom. The third-order valence-corrected chi connectivity index (χ3v) is 0.957. The van der Waals surface area contributed by atoms with Crippen LogP contribution >= 0.6 is 0 Å². The van der Waals surface area contributed by atoms with E-state index in [4.69, 9.17) is 0 Å². The second-order valence-corrected chi connectivity index (χ2v) is 1.98. The highest BCUT2D eigenvalue weighted by Crippen LogP contribution is 1.87. The van der Waals surface area contributed by atoms with Crippen molar-refractivity contribution in [2.45, 2.75) is 20.3 Å². The molecule has 0 N–H and O–H groups in total. The molecule has 0 amide bonds. The Morgan fingerprint density at radius 2 is 2.18 bits per heavy atom. The molecule has 0 aromatic carbocycles. The molecule has 0 unspecified atom stereocenters. The van der Waals surface area contributed by atoms with E-state index in [-0.39, 0.29) is 0 Å². The van der Waals surface area contributed by atoms with E-state index < -0.39 is 6.16 Å². The molecule has 0 fully saturated rings. The molecule has 0 aromatic rings. The molecule has 0 aromatic heterocycles. The maximum Gasteiger partial charge on any atom is 0.508 e. The Labute approximate surface area is 67.0 Å². The predicted molar refractivity (Wildman–Crippen MR) is 42.4 cm³/mol. The van der Waals surface area contributed by atoms with E-state index in [2.05, 4.69) is 9.47 Å². The highest BCUT2D eigenvalue weighted by molar-refractivity contribution is 5.59. The molecule has 0 rings (SSSR count). The summed E-state index contributed by atoms with van der Waals surface area (Å²) in [6, 6.07) is 0. The molecule has 0 bridgehead atoms. The monoisotopic (exact) mass is 158 g/mol. The van der Waals surface area contributed by atoms with Gasteiger partial charge in [0.05, 0.1) is 6.61 Å². The minimum absolute atomic E-state index is 0.291. The molecular formula is C8H14O3. The van der Waals surface area contributed by atoms with Gasteiger partial charge in [0.15, 0.2) is 0 Å². The molecule has 0 atom stereocenters. The van der Waals surface area contributed by atoms with Crippen LogP contribution in [0.5, 0.6) is 0 Å².